The van der Waals surface area contributed by atoms with Gasteiger partial charge in [-0.25, -0.2) is 0 Å². The fraction of sp³-hybridized carbons (Fsp3) is 0.543. The predicted molar refractivity (Wildman–Crippen MR) is 166 cm³/mol. The van der Waals surface area contributed by atoms with Crippen LogP contribution in [-0.2, 0) is 16.2 Å². The highest BCUT2D eigenvalue weighted by atomic mass is 16.7. The number of hydroxylamine groups is 2. The van der Waals surface area contributed by atoms with Crippen LogP contribution >= 0.6 is 0 Å². The molecule has 2 fully saturated rings. The molecular weight excluding hydrogens is 542 g/mol. The average molecular weight is 590 g/mol. The molecule has 1 saturated heterocycles. The lowest BCUT2D eigenvalue weighted by molar-refractivity contribution is -0.182. The third-order valence-electron chi connectivity index (χ3n) is 9.88. The molecule has 0 bridgehead atoms. The Bertz CT molecular complexity index is 1320. The molecule has 2 amide bonds. The monoisotopic (exact) mass is 589 g/mol. The Labute approximate surface area is 256 Å². The van der Waals surface area contributed by atoms with Crippen LogP contribution in [0.25, 0.3) is 0 Å². The van der Waals surface area contributed by atoms with E-state index in [9.17, 15) is 19.8 Å². The SMILES string of the molecule is C[C@H](O)[C@@H]1[C@H](CO)ON(Cc2cccc(C#CCNC(=O)c3ccccc3)c2)[C@@H]1C(=O)N[C@@H](C)[C@@H](C)C1C[C@H](C)C1(C)C. The van der Waals surface area contributed by atoms with Gasteiger partial charge in [-0.3, -0.25) is 14.4 Å². The van der Waals surface area contributed by atoms with Crippen LogP contribution in [0.2, 0.25) is 0 Å². The zero-order valence-corrected chi connectivity index (χ0v) is 26.2. The molecular formula is C35H47N3O5. The fourth-order valence-electron chi connectivity index (χ4n) is 6.64. The molecule has 4 N–H and O–H groups in total. The van der Waals surface area contributed by atoms with Crippen molar-refractivity contribution in [2.75, 3.05) is 13.2 Å². The second kappa shape index (κ2) is 14.0. The maximum atomic E-state index is 13.8. The molecule has 1 saturated carbocycles. The number of hydrogen-bond donors (Lipinski definition) is 4. The maximum Gasteiger partial charge on any atom is 0.252 e. The van der Waals surface area contributed by atoms with Crippen molar-refractivity contribution in [3.63, 3.8) is 0 Å². The first kappa shape index (κ1) is 32.7. The quantitative estimate of drug-likeness (QED) is 0.314. The topological polar surface area (TPSA) is 111 Å². The van der Waals surface area contributed by atoms with E-state index in [0.29, 0.717) is 17.4 Å². The molecule has 8 nitrogen and oxygen atoms in total. The van der Waals surface area contributed by atoms with Crippen LogP contribution in [0.3, 0.4) is 0 Å². The smallest absolute Gasteiger partial charge is 0.252 e. The second-order valence-corrected chi connectivity index (χ2v) is 12.9. The van der Waals surface area contributed by atoms with Crippen LogP contribution in [0.5, 0.6) is 0 Å². The van der Waals surface area contributed by atoms with Crippen molar-refractivity contribution in [3.05, 3.63) is 71.3 Å². The summed E-state index contributed by atoms with van der Waals surface area (Å²) in [5.74, 6) is 6.55. The van der Waals surface area contributed by atoms with Gasteiger partial charge in [0.15, 0.2) is 0 Å². The molecule has 0 radical (unpaired) electrons. The third kappa shape index (κ3) is 7.47. The summed E-state index contributed by atoms with van der Waals surface area (Å²) in [7, 11) is 0. The van der Waals surface area contributed by atoms with Crippen molar-refractivity contribution < 1.29 is 24.6 Å². The normalized spacial score (nSPS) is 26.7. The van der Waals surface area contributed by atoms with Crippen LogP contribution in [0.15, 0.2) is 54.6 Å². The highest BCUT2D eigenvalue weighted by Gasteiger charge is 2.51. The molecule has 232 valence electrons. The van der Waals surface area contributed by atoms with E-state index < -0.39 is 24.2 Å². The van der Waals surface area contributed by atoms with E-state index in [1.807, 2.05) is 49.4 Å². The largest absolute Gasteiger partial charge is 0.394 e. The number of hydrogen-bond acceptors (Lipinski definition) is 6. The summed E-state index contributed by atoms with van der Waals surface area (Å²) in [6.45, 7) is 12.9. The van der Waals surface area contributed by atoms with Gasteiger partial charge >= 0.3 is 0 Å². The number of nitrogens with one attached hydrogen (secondary N) is 2. The maximum absolute atomic E-state index is 13.8. The minimum absolute atomic E-state index is 0.0602. The summed E-state index contributed by atoms with van der Waals surface area (Å²) < 4.78 is 0. The Morgan fingerprint density at radius 1 is 1.12 bits per heavy atom. The minimum atomic E-state index is -0.861. The van der Waals surface area contributed by atoms with Gasteiger partial charge in [0.2, 0.25) is 5.91 Å². The molecule has 1 heterocycles. The van der Waals surface area contributed by atoms with E-state index in [-0.39, 0.29) is 48.9 Å². The van der Waals surface area contributed by atoms with Crippen LogP contribution in [-0.4, -0.2) is 64.5 Å². The van der Waals surface area contributed by atoms with E-state index in [4.69, 9.17) is 4.84 Å². The van der Waals surface area contributed by atoms with Crippen LogP contribution in [0.1, 0.15) is 69.4 Å². The number of aliphatic hydroxyl groups is 2. The summed E-state index contributed by atoms with van der Waals surface area (Å²) in [6, 6.07) is 15.8. The van der Waals surface area contributed by atoms with E-state index >= 15 is 0 Å². The number of benzene rings is 2. The molecule has 8 heteroatoms. The summed E-state index contributed by atoms with van der Waals surface area (Å²) in [5, 5.41) is 28.3. The predicted octanol–water partition coefficient (Wildman–Crippen LogP) is 3.76. The molecule has 1 aliphatic heterocycles. The fourth-order valence-corrected chi connectivity index (χ4v) is 6.64. The highest BCUT2D eigenvalue weighted by molar-refractivity contribution is 5.94. The van der Waals surface area contributed by atoms with Gasteiger partial charge < -0.3 is 20.8 Å². The van der Waals surface area contributed by atoms with Gasteiger partial charge in [-0.15, -0.1) is 0 Å². The van der Waals surface area contributed by atoms with E-state index in [1.54, 1.807) is 24.1 Å². The average Bonchev–Trinajstić information content (AvgIpc) is 3.36. The number of amides is 2. The van der Waals surface area contributed by atoms with Gasteiger partial charge in [-0.1, -0.05) is 69.9 Å². The number of aliphatic hydroxyl groups excluding tert-OH is 2. The first-order chi connectivity index (χ1) is 20.4. The van der Waals surface area contributed by atoms with Gasteiger partial charge in [-0.05, 0) is 73.3 Å². The third-order valence-corrected chi connectivity index (χ3v) is 9.88. The van der Waals surface area contributed by atoms with Crippen molar-refractivity contribution in [1.82, 2.24) is 15.7 Å². The van der Waals surface area contributed by atoms with Gasteiger partial charge in [0.25, 0.3) is 5.91 Å². The van der Waals surface area contributed by atoms with Crippen molar-refractivity contribution in [2.45, 2.75) is 78.8 Å². The lowest BCUT2D eigenvalue weighted by Gasteiger charge is -2.55. The van der Waals surface area contributed by atoms with Crippen molar-refractivity contribution in [2.24, 2.45) is 29.1 Å². The van der Waals surface area contributed by atoms with Crippen LogP contribution in [0.4, 0.5) is 0 Å². The highest BCUT2D eigenvalue weighted by Crippen LogP contribution is 2.54. The lowest BCUT2D eigenvalue weighted by Crippen LogP contribution is -2.55. The molecule has 1 aliphatic carbocycles. The molecule has 2 aromatic rings. The van der Waals surface area contributed by atoms with Crippen molar-refractivity contribution >= 4 is 11.8 Å². The first-order valence-corrected chi connectivity index (χ1v) is 15.4. The summed E-state index contributed by atoms with van der Waals surface area (Å²) >= 11 is 0. The molecule has 4 rings (SSSR count). The lowest BCUT2D eigenvalue weighted by atomic mass is 9.51. The van der Waals surface area contributed by atoms with Gasteiger partial charge in [-0.2, -0.15) is 5.06 Å². The van der Waals surface area contributed by atoms with Crippen molar-refractivity contribution in [3.8, 4) is 11.8 Å². The summed E-state index contributed by atoms with van der Waals surface area (Å²) in [5.41, 5.74) is 2.44. The molecule has 43 heavy (non-hydrogen) atoms. The number of rotatable bonds is 10. The molecule has 2 aliphatic rings. The molecule has 1 unspecified atom stereocenters. The molecule has 0 spiro atoms. The molecule has 2 aromatic carbocycles. The zero-order valence-electron chi connectivity index (χ0n) is 26.2. The zero-order chi connectivity index (χ0) is 31.3. The van der Waals surface area contributed by atoms with Gasteiger partial charge in [0.05, 0.1) is 25.8 Å². The standard InChI is InChI=1S/C35H47N3O5/c1-22-18-29(35(22,5)6)23(2)24(3)37-34(42)32-31(25(4)40)30(21-39)43-38(32)20-27-13-10-12-26(19-27)14-11-17-36-33(41)28-15-8-7-9-16-28/h7-10,12-13,15-16,19,22-25,29-32,39-40H,17-18,20-21H2,1-6H3,(H,36,41)(H,37,42)/t22-,23+,24-,25-,29?,30-,31+,32-/m0/s1. The summed E-state index contributed by atoms with van der Waals surface area (Å²) in [6.07, 6.45) is -0.416. The summed E-state index contributed by atoms with van der Waals surface area (Å²) in [4.78, 5) is 32.1. The Hall–Kier alpha value is -3.22. The minimum Gasteiger partial charge on any atom is -0.394 e. The number of carbonyl (C=O) groups excluding carboxylic acids is 2. The van der Waals surface area contributed by atoms with E-state index in [2.05, 4.69) is 50.2 Å². The first-order valence-electron chi connectivity index (χ1n) is 15.4. The van der Waals surface area contributed by atoms with Gasteiger partial charge in [0, 0.05) is 23.1 Å². The van der Waals surface area contributed by atoms with E-state index in [1.165, 1.54) is 0 Å². The Morgan fingerprint density at radius 2 is 1.84 bits per heavy atom. The molecule has 0 aromatic heterocycles. The Morgan fingerprint density at radius 3 is 2.47 bits per heavy atom. The van der Waals surface area contributed by atoms with Crippen LogP contribution in [0, 0.1) is 40.9 Å². The number of nitrogens with zero attached hydrogens (tertiary/aromatic N) is 1. The Kier molecular flexibility index (Phi) is 10.7. The van der Waals surface area contributed by atoms with Crippen molar-refractivity contribution in [1.29, 1.82) is 0 Å². The van der Waals surface area contributed by atoms with E-state index in [0.717, 1.165) is 17.5 Å². The number of carbonyl (C=O) groups is 2. The van der Waals surface area contributed by atoms with Crippen LogP contribution < -0.4 is 10.6 Å². The second-order valence-electron chi connectivity index (χ2n) is 12.9. The molecule has 8 atom stereocenters. The van der Waals surface area contributed by atoms with Gasteiger partial charge in [0.1, 0.15) is 12.1 Å². The Balaban J connectivity index is 1.44.